The van der Waals surface area contributed by atoms with Gasteiger partial charge in [0, 0.05) is 0 Å². The molecule has 0 rings (SSSR count). The van der Waals surface area contributed by atoms with Crippen LogP contribution < -0.4 is 0 Å². The molecule has 4 N–H and O–H groups in total. The second kappa shape index (κ2) is 7.92. The van der Waals surface area contributed by atoms with E-state index >= 15 is 0 Å². The van der Waals surface area contributed by atoms with Gasteiger partial charge in [-0.25, -0.2) is 14.0 Å². The molecule has 70 valence electrons. The summed E-state index contributed by atoms with van der Waals surface area (Å²) in [5.41, 5.74) is 0. The summed E-state index contributed by atoms with van der Waals surface area (Å²) in [6.07, 6.45) is 0. The van der Waals surface area contributed by atoms with E-state index in [-0.39, 0.29) is 0 Å². The molecule has 0 spiro atoms. The van der Waals surface area contributed by atoms with Gasteiger partial charge in [-0.2, -0.15) is 0 Å². The normalized spacial score (nSPS) is 7.67. The number of carbonyl (C=O) groups is 2. The lowest BCUT2D eigenvalue weighted by Crippen LogP contribution is -2.15. The average molecular weight is 184 g/mol. The van der Waals surface area contributed by atoms with Gasteiger partial charge in [-0.3, -0.25) is 0 Å². The molecular weight excluding hydrogens is 178 g/mol. The van der Waals surface area contributed by atoms with Gasteiger partial charge in [-0.05, 0) is 0 Å². The number of hydrogen-bond acceptors (Lipinski definition) is 6. The highest BCUT2D eigenvalue weighted by Crippen LogP contribution is 1.76. The standard InChI is InChI=1S/C3H3FO4.BH3O3/c4-1-8-3(7)2(5)6;2-1(3)4/h1H2,(H,5,6);2-4H. The van der Waals surface area contributed by atoms with Gasteiger partial charge < -0.3 is 24.9 Å². The third-order valence-electron chi connectivity index (χ3n) is 0.360. The number of alkyl halides is 1. The lowest BCUT2D eigenvalue weighted by molar-refractivity contribution is -0.166. The third kappa shape index (κ3) is 15.9. The van der Waals surface area contributed by atoms with Crippen molar-refractivity contribution < 1.29 is 38.9 Å². The molecule has 9 heteroatoms. The van der Waals surface area contributed by atoms with Crippen molar-refractivity contribution >= 4 is 19.3 Å². The van der Waals surface area contributed by atoms with Gasteiger partial charge in [0.25, 0.3) is 0 Å². The van der Waals surface area contributed by atoms with Crippen LogP contribution in [-0.2, 0) is 14.3 Å². The van der Waals surface area contributed by atoms with Crippen molar-refractivity contribution in [2.24, 2.45) is 0 Å². The Kier molecular flexibility index (Phi) is 8.85. The Labute approximate surface area is 66.2 Å². The molecule has 0 aliphatic rings. The van der Waals surface area contributed by atoms with Gasteiger partial charge in [-0.1, -0.05) is 0 Å². The Balaban J connectivity index is 0. The molecule has 0 heterocycles. The van der Waals surface area contributed by atoms with Crippen molar-refractivity contribution in [1.82, 2.24) is 0 Å². The van der Waals surface area contributed by atoms with Crippen molar-refractivity contribution in [2.45, 2.75) is 0 Å². The van der Waals surface area contributed by atoms with Crippen molar-refractivity contribution in [1.29, 1.82) is 0 Å². The number of esters is 1. The molecule has 0 aromatic carbocycles. The van der Waals surface area contributed by atoms with E-state index in [1.807, 2.05) is 0 Å². The molecule has 0 amide bonds. The molecule has 0 aliphatic heterocycles. The Hall–Kier alpha value is -1.19. The molecule has 12 heavy (non-hydrogen) atoms. The van der Waals surface area contributed by atoms with Crippen LogP contribution in [0.1, 0.15) is 0 Å². The molecular formula is C3H6BFO7. The molecule has 7 nitrogen and oxygen atoms in total. The number of hydrogen-bond donors (Lipinski definition) is 4. The average Bonchev–Trinajstić information content (AvgIpc) is 1.86. The first-order valence-corrected chi connectivity index (χ1v) is 2.42. The van der Waals surface area contributed by atoms with Crippen molar-refractivity contribution in [2.75, 3.05) is 6.86 Å². The predicted octanol–water partition coefficient (Wildman–Crippen LogP) is -2.51. The lowest BCUT2D eigenvalue weighted by Gasteiger charge is -1.89. The molecule has 0 aromatic heterocycles. The van der Waals surface area contributed by atoms with Crippen LogP contribution >= 0.6 is 0 Å². The van der Waals surface area contributed by atoms with Crippen molar-refractivity contribution in [3.8, 4) is 0 Å². The number of carbonyl (C=O) groups excluding carboxylic acids is 1. The lowest BCUT2D eigenvalue weighted by atomic mass is 10.3. The van der Waals surface area contributed by atoms with E-state index in [0.29, 0.717) is 0 Å². The Bertz CT molecular complexity index is 145. The largest absolute Gasteiger partial charge is 0.631 e. The summed E-state index contributed by atoms with van der Waals surface area (Å²) in [6, 6.07) is 0. The summed E-state index contributed by atoms with van der Waals surface area (Å²) in [5.74, 6) is -3.37. The highest BCUT2D eigenvalue weighted by molar-refractivity contribution is 6.30. The van der Waals surface area contributed by atoms with Crippen LogP contribution in [0, 0.1) is 0 Å². The Morgan fingerprint density at radius 2 is 1.67 bits per heavy atom. The molecule has 0 saturated carbocycles. The van der Waals surface area contributed by atoms with Gasteiger partial charge in [-0.15, -0.1) is 0 Å². The quantitative estimate of drug-likeness (QED) is 0.201. The summed E-state index contributed by atoms with van der Waals surface area (Å²) in [5, 5.41) is 29.2. The molecule has 0 bridgehead atoms. The predicted molar refractivity (Wildman–Crippen MR) is 32.1 cm³/mol. The third-order valence-corrected chi connectivity index (χ3v) is 0.360. The van der Waals surface area contributed by atoms with E-state index < -0.39 is 26.1 Å². The summed E-state index contributed by atoms with van der Waals surface area (Å²) >= 11 is 0. The topological polar surface area (TPSA) is 124 Å². The van der Waals surface area contributed by atoms with Gasteiger partial charge >= 0.3 is 19.3 Å². The van der Waals surface area contributed by atoms with Crippen LogP contribution in [-0.4, -0.2) is 46.3 Å². The number of ether oxygens (including phenoxy) is 1. The number of carboxylic acid groups (broad SMARTS) is 1. The van der Waals surface area contributed by atoms with E-state index in [0.717, 1.165) is 0 Å². The molecule has 0 radical (unpaired) electrons. The maximum atomic E-state index is 10.9. The minimum atomic E-state index is -2.17. The maximum absolute atomic E-state index is 10.9. The number of carboxylic acids is 1. The van der Waals surface area contributed by atoms with Crippen LogP contribution in [0.15, 0.2) is 0 Å². The van der Waals surface area contributed by atoms with Crippen LogP contribution in [0.2, 0.25) is 0 Å². The van der Waals surface area contributed by atoms with Crippen LogP contribution in [0.25, 0.3) is 0 Å². The van der Waals surface area contributed by atoms with Gasteiger partial charge in [0.1, 0.15) is 0 Å². The first-order valence-electron chi connectivity index (χ1n) is 2.42. The van der Waals surface area contributed by atoms with E-state index in [1.54, 1.807) is 0 Å². The van der Waals surface area contributed by atoms with E-state index in [2.05, 4.69) is 4.74 Å². The minimum absolute atomic E-state index is 1.40. The zero-order chi connectivity index (χ0) is 10.1. The first kappa shape index (κ1) is 13.4. The Morgan fingerprint density at radius 1 is 1.33 bits per heavy atom. The number of aliphatic carboxylic acids is 1. The fourth-order valence-corrected chi connectivity index (χ4v) is 0.111. The van der Waals surface area contributed by atoms with E-state index in [4.69, 9.17) is 20.2 Å². The van der Waals surface area contributed by atoms with Gasteiger partial charge in [0.05, 0.1) is 0 Å². The number of halogens is 1. The van der Waals surface area contributed by atoms with E-state index in [1.165, 1.54) is 0 Å². The highest BCUT2D eigenvalue weighted by atomic mass is 19.1. The summed E-state index contributed by atoms with van der Waals surface area (Å²) in [6.45, 7) is -1.40. The van der Waals surface area contributed by atoms with Gasteiger partial charge in [0.15, 0.2) is 0 Å². The fraction of sp³-hybridized carbons (Fsp3) is 0.333. The molecule has 0 aromatic rings. The second-order valence-corrected chi connectivity index (χ2v) is 1.19. The second-order valence-electron chi connectivity index (χ2n) is 1.19. The van der Waals surface area contributed by atoms with Crippen molar-refractivity contribution in [3.05, 3.63) is 0 Å². The van der Waals surface area contributed by atoms with Crippen LogP contribution in [0.3, 0.4) is 0 Å². The maximum Gasteiger partial charge on any atom is 0.631 e. The summed E-state index contributed by atoms with van der Waals surface area (Å²) in [7, 11) is -2.17. The Morgan fingerprint density at radius 3 is 1.75 bits per heavy atom. The molecule has 0 unspecified atom stereocenters. The summed E-state index contributed by atoms with van der Waals surface area (Å²) in [4.78, 5) is 19.1. The molecule has 0 saturated heterocycles. The number of rotatable bonds is 1. The zero-order valence-corrected chi connectivity index (χ0v) is 5.68. The van der Waals surface area contributed by atoms with E-state index in [9.17, 15) is 14.0 Å². The van der Waals surface area contributed by atoms with Crippen LogP contribution in [0.4, 0.5) is 4.39 Å². The molecule has 0 fully saturated rings. The smallest absolute Gasteiger partial charge is 0.473 e. The zero-order valence-electron chi connectivity index (χ0n) is 5.68. The highest BCUT2D eigenvalue weighted by Gasteiger charge is 2.10. The fourth-order valence-electron chi connectivity index (χ4n) is 0.111. The van der Waals surface area contributed by atoms with Gasteiger partial charge in [0.2, 0.25) is 6.86 Å². The molecule has 0 aliphatic carbocycles. The summed E-state index contributed by atoms with van der Waals surface area (Å²) < 4.78 is 14.3. The molecule has 0 atom stereocenters. The first-order chi connectivity index (χ1) is 5.41. The van der Waals surface area contributed by atoms with Crippen LogP contribution in [0.5, 0.6) is 0 Å². The SMILES string of the molecule is O=C(O)C(=O)OCF.OB(O)O. The minimum Gasteiger partial charge on any atom is -0.473 e. The van der Waals surface area contributed by atoms with Crippen molar-refractivity contribution in [3.63, 3.8) is 0 Å². The monoisotopic (exact) mass is 184 g/mol.